The van der Waals surface area contributed by atoms with E-state index in [4.69, 9.17) is 5.11 Å². The lowest BCUT2D eigenvalue weighted by molar-refractivity contribution is -0.141. The molecular weight excluding hydrogens is 186 g/mol. The van der Waals surface area contributed by atoms with Gasteiger partial charge in [0.15, 0.2) is 0 Å². The Morgan fingerprint density at radius 1 is 1.54 bits per heavy atom. The zero-order chi connectivity index (χ0) is 10.4. The van der Waals surface area contributed by atoms with Crippen LogP contribution in [0.5, 0.6) is 0 Å². The number of rotatable bonds is 6. The van der Waals surface area contributed by atoms with Crippen LogP contribution in [0.15, 0.2) is 0 Å². The smallest absolute Gasteiger partial charge is 0.307 e. The van der Waals surface area contributed by atoms with E-state index in [0.717, 1.165) is 5.75 Å². The molecule has 0 heterocycles. The van der Waals surface area contributed by atoms with E-state index in [2.05, 4.69) is 18.1 Å². The predicted molar refractivity (Wildman–Crippen MR) is 57.3 cm³/mol. The number of hydrogen-bond acceptors (Lipinski definition) is 3. The van der Waals surface area contributed by atoms with Crippen LogP contribution in [0.1, 0.15) is 13.8 Å². The Labute approximate surface area is 84.5 Å². The molecule has 3 nitrogen and oxygen atoms in total. The molecule has 0 aliphatic rings. The highest BCUT2D eigenvalue weighted by molar-refractivity contribution is 7.98. The fourth-order valence-corrected chi connectivity index (χ4v) is 1.80. The number of thioether (sulfide) groups is 1. The third-order valence-corrected chi connectivity index (χ3v) is 2.96. The van der Waals surface area contributed by atoms with Crippen molar-refractivity contribution >= 4 is 17.7 Å². The van der Waals surface area contributed by atoms with Gasteiger partial charge in [-0.15, -0.1) is 0 Å². The molecule has 0 aromatic carbocycles. The lowest BCUT2D eigenvalue weighted by Gasteiger charge is -2.25. The number of carboxylic acids is 1. The van der Waals surface area contributed by atoms with Gasteiger partial charge < -0.3 is 10.0 Å². The topological polar surface area (TPSA) is 40.5 Å². The molecule has 0 saturated heterocycles. The van der Waals surface area contributed by atoms with E-state index in [0.29, 0.717) is 12.6 Å². The third kappa shape index (κ3) is 5.16. The maximum atomic E-state index is 10.6. The van der Waals surface area contributed by atoms with Crippen LogP contribution >= 0.6 is 11.8 Å². The minimum atomic E-state index is -0.719. The van der Waals surface area contributed by atoms with Crippen LogP contribution in [0.2, 0.25) is 0 Å². The first-order valence-electron chi connectivity index (χ1n) is 4.41. The van der Waals surface area contributed by atoms with Crippen LogP contribution in [-0.4, -0.2) is 47.6 Å². The molecule has 2 unspecified atom stereocenters. The molecule has 0 aliphatic heterocycles. The Bertz CT molecular complexity index is 164. The quantitative estimate of drug-likeness (QED) is 0.711. The molecule has 1 N–H and O–H groups in total. The average Bonchev–Trinajstić information content (AvgIpc) is 2.04. The van der Waals surface area contributed by atoms with Crippen molar-refractivity contribution < 1.29 is 9.90 Å². The average molecular weight is 205 g/mol. The second kappa shape index (κ2) is 6.27. The second-order valence-electron chi connectivity index (χ2n) is 3.48. The molecule has 0 saturated carbocycles. The predicted octanol–water partition coefficient (Wildman–Crippen LogP) is 1.39. The standard InChI is InChI=1S/C9H19NO2S/c1-7(9(11)12)5-10(3)8(2)6-13-4/h7-8H,5-6H2,1-4H3,(H,11,12). The van der Waals surface area contributed by atoms with E-state index in [1.807, 2.05) is 7.05 Å². The molecule has 0 bridgehead atoms. The highest BCUT2D eigenvalue weighted by Crippen LogP contribution is 2.06. The maximum absolute atomic E-state index is 10.6. The molecule has 0 rings (SSSR count). The molecule has 0 fully saturated rings. The van der Waals surface area contributed by atoms with Gasteiger partial charge in [0.2, 0.25) is 0 Å². The third-order valence-electron chi connectivity index (χ3n) is 2.14. The fourth-order valence-electron chi connectivity index (χ4n) is 1.06. The van der Waals surface area contributed by atoms with Gasteiger partial charge in [-0.2, -0.15) is 11.8 Å². The number of carbonyl (C=O) groups is 1. The number of nitrogens with zero attached hydrogens (tertiary/aromatic N) is 1. The van der Waals surface area contributed by atoms with Gasteiger partial charge in [0.25, 0.3) is 0 Å². The Morgan fingerprint density at radius 2 is 2.08 bits per heavy atom. The first-order valence-corrected chi connectivity index (χ1v) is 5.80. The minimum absolute atomic E-state index is 0.283. The summed E-state index contributed by atoms with van der Waals surface area (Å²) in [7, 11) is 1.97. The van der Waals surface area contributed by atoms with Crippen LogP contribution in [-0.2, 0) is 4.79 Å². The van der Waals surface area contributed by atoms with Crippen LogP contribution in [0.4, 0.5) is 0 Å². The number of aliphatic carboxylic acids is 1. The van der Waals surface area contributed by atoms with Crippen LogP contribution in [0.25, 0.3) is 0 Å². The summed E-state index contributed by atoms with van der Waals surface area (Å²) < 4.78 is 0. The van der Waals surface area contributed by atoms with E-state index >= 15 is 0 Å². The summed E-state index contributed by atoms with van der Waals surface area (Å²) in [5.74, 6) is 0.0422. The van der Waals surface area contributed by atoms with Crippen molar-refractivity contribution in [1.82, 2.24) is 4.90 Å². The summed E-state index contributed by atoms with van der Waals surface area (Å²) in [4.78, 5) is 12.7. The van der Waals surface area contributed by atoms with Gasteiger partial charge >= 0.3 is 5.97 Å². The summed E-state index contributed by atoms with van der Waals surface area (Å²) in [5, 5.41) is 8.71. The van der Waals surface area contributed by atoms with Crippen molar-refractivity contribution in [2.24, 2.45) is 5.92 Å². The van der Waals surface area contributed by atoms with Gasteiger partial charge in [0.05, 0.1) is 5.92 Å². The maximum Gasteiger partial charge on any atom is 0.307 e. The molecule has 0 aromatic rings. The summed E-state index contributed by atoms with van der Waals surface area (Å²) in [6.45, 7) is 4.48. The van der Waals surface area contributed by atoms with Crippen molar-refractivity contribution in [1.29, 1.82) is 0 Å². The Balaban J connectivity index is 3.84. The molecule has 0 aromatic heterocycles. The first kappa shape index (κ1) is 12.8. The largest absolute Gasteiger partial charge is 0.481 e. The summed E-state index contributed by atoms with van der Waals surface area (Å²) in [6.07, 6.45) is 2.06. The lowest BCUT2D eigenvalue weighted by atomic mass is 10.1. The summed E-state index contributed by atoms with van der Waals surface area (Å²) in [5.41, 5.74) is 0. The Hall–Kier alpha value is -0.220. The Kier molecular flexibility index (Phi) is 6.16. The van der Waals surface area contributed by atoms with Gasteiger partial charge in [-0.1, -0.05) is 6.92 Å². The van der Waals surface area contributed by atoms with Gasteiger partial charge in [-0.3, -0.25) is 4.79 Å². The molecular formula is C9H19NO2S. The lowest BCUT2D eigenvalue weighted by Crippen LogP contribution is -2.36. The van der Waals surface area contributed by atoms with Crippen molar-refractivity contribution in [3.63, 3.8) is 0 Å². The number of hydrogen-bond donors (Lipinski definition) is 1. The summed E-state index contributed by atoms with van der Waals surface area (Å²) >= 11 is 1.78. The molecule has 78 valence electrons. The zero-order valence-corrected chi connectivity index (χ0v) is 9.60. The highest BCUT2D eigenvalue weighted by Gasteiger charge is 2.16. The van der Waals surface area contributed by atoms with Gasteiger partial charge in [-0.25, -0.2) is 0 Å². The van der Waals surface area contributed by atoms with E-state index in [-0.39, 0.29) is 5.92 Å². The summed E-state index contributed by atoms with van der Waals surface area (Å²) in [6, 6.07) is 0.441. The normalized spacial score (nSPS) is 15.8. The fraction of sp³-hybridized carbons (Fsp3) is 0.889. The Morgan fingerprint density at radius 3 is 2.46 bits per heavy atom. The van der Waals surface area contributed by atoms with E-state index < -0.39 is 5.97 Å². The molecule has 0 amide bonds. The molecule has 4 heteroatoms. The zero-order valence-electron chi connectivity index (χ0n) is 8.78. The van der Waals surface area contributed by atoms with Gasteiger partial charge in [-0.05, 0) is 20.2 Å². The SMILES string of the molecule is CSCC(C)N(C)CC(C)C(=O)O. The van der Waals surface area contributed by atoms with Crippen LogP contribution in [0, 0.1) is 5.92 Å². The first-order chi connectivity index (χ1) is 5.99. The van der Waals surface area contributed by atoms with Crippen molar-refractivity contribution in [3.05, 3.63) is 0 Å². The van der Waals surface area contributed by atoms with Crippen LogP contribution in [0.3, 0.4) is 0 Å². The van der Waals surface area contributed by atoms with Gasteiger partial charge in [0, 0.05) is 18.3 Å². The minimum Gasteiger partial charge on any atom is -0.481 e. The van der Waals surface area contributed by atoms with E-state index in [9.17, 15) is 4.79 Å². The van der Waals surface area contributed by atoms with Crippen LogP contribution < -0.4 is 0 Å². The van der Waals surface area contributed by atoms with Gasteiger partial charge in [0.1, 0.15) is 0 Å². The van der Waals surface area contributed by atoms with Crippen molar-refractivity contribution in [3.8, 4) is 0 Å². The number of carboxylic acid groups (broad SMARTS) is 1. The van der Waals surface area contributed by atoms with E-state index in [1.165, 1.54) is 0 Å². The molecule has 2 atom stereocenters. The molecule has 0 radical (unpaired) electrons. The highest BCUT2D eigenvalue weighted by atomic mass is 32.2. The molecule has 13 heavy (non-hydrogen) atoms. The van der Waals surface area contributed by atoms with E-state index in [1.54, 1.807) is 18.7 Å². The van der Waals surface area contributed by atoms with Crippen molar-refractivity contribution in [2.45, 2.75) is 19.9 Å². The second-order valence-corrected chi connectivity index (χ2v) is 4.39. The molecule has 0 spiro atoms. The molecule has 0 aliphatic carbocycles. The van der Waals surface area contributed by atoms with Crippen molar-refractivity contribution in [2.75, 3.05) is 25.6 Å². The monoisotopic (exact) mass is 205 g/mol.